The van der Waals surface area contributed by atoms with Gasteiger partial charge in [-0.05, 0) is 63.6 Å². The fourth-order valence-corrected chi connectivity index (χ4v) is 3.73. The number of hydrogen-bond donors (Lipinski definition) is 2. The minimum Gasteiger partial charge on any atom is -0.481 e. The second kappa shape index (κ2) is 8.58. The molecule has 0 radical (unpaired) electrons. The Balaban J connectivity index is 1.63. The number of carbonyl (C=O) groups excluding carboxylic acids is 1. The SMILES string of the molecule is Cc1ccc(OC(C)C(=O)Nc2ccc(S(=O)(=O)Nc3cc(C)on3)cc2)c(C)c1. The van der Waals surface area contributed by atoms with Crippen molar-refractivity contribution in [3.63, 3.8) is 0 Å². The predicted molar refractivity (Wildman–Crippen MR) is 113 cm³/mol. The zero-order chi connectivity index (χ0) is 21.9. The van der Waals surface area contributed by atoms with Gasteiger partial charge in [0, 0.05) is 11.8 Å². The van der Waals surface area contributed by atoms with E-state index in [2.05, 4.69) is 15.2 Å². The second-order valence-corrected chi connectivity index (χ2v) is 8.65. The Morgan fingerprint density at radius 2 is 1.77 bits per heavy atom. The molecule has 0 bridgehead atoms. The van der Waals surface area contributed by atoms with E-state index in [1.54, 1.807) is 13.8 Å². The number of sulfonamides is 1. The van der Waals surface area contributed by atoms with E-state index >= 15 is 0 Å². The van der Waals surface area contributed by atoms with Crippen LogP contribution in [0.4, 0.5) is 11.5 Å². The maximum absolute atomic E-state index is 12.4. The number of nitrogens with one attached hydrogen (secondary N) is 2. The lowest BCUT2D eigenvalue weighted by molar-refractivity contribution is -0.122. The van der Waals surface area contributed by atoms with Crippen molar-refractivity contribution in [1.29, 1.82) is 0 Å². The number of aromatic nitrogens is 1. The highest BCUT2D eigenvalue weighted by atomic mass is 32.2. The highest BCUT2D eigenvalue weighted by molar-refractivity contribution is 7.92. The van der Waals surface area contributed by atoms with Gasteiger partial charge in [0.05, 0.1) is 4.90 Å². The topological polar surface area (TPSA) is 111 Å². The maximum Gasteiger partial charge on any atom is 0.265 e. The number of hydrogen-bond acceptors (Lipinski definition) is 6. The molecule has 158 valence electrons. The van der Waals surface area contributed by atoms with Crippen LogP contribution in [0.2, 0.25) is 0 Å². The molecule has 0 aliphatic rings. The van der Waals surface area contributed by atoms with E-state index in [-0.39, 0.29) is 16.6 Å². The van der Waals surface area contributed by atoms with E-state index in [1.165, 1.54) is 30.3 Å². The summed E-state index contributed by atoms with van der Waals surface area (Å²) in [6.45, 7) is 7.21. The van der Waals surface area contributed by atoms with Crippen molar-refractivity contribution < 1.29 is 22.5 Å². The highest BCUT2D eigenvalue weighted by Crippen LogP contribution is 2.21. The minimum atomic E-state index is -3.82. The monoisotopic (exact) mass is 429 g/mol. The number of nitrogens with zero attached hydrogens (tertiary/aromatic N) is 1. The van der Waals surface area contributed by atoms with Crippen molar-refractivity contribution in [2.24, 2.45) is 0 Å². The van der Waals surface area contributed by atoms with Gasteiger partial charge >= 0.3 is 0 Å². The van der Waals surface area contributed by atoms with Gasteiger partial charge in [-0.3, -0.25) is 9.52 Å². The van der Waals surface area contributed by atoms with Crippen molar-refractivity contribution in [3.8, 4) is 5.75 Å². The molecule has 1 unspecified atom stereocenters. The first-order chi connectivity index (χ1) is 14.1. The molecule has 8 nitrogen and oxygen atoms in total. The number of benzene rings is 2. The predicted octanol–water partition coefficient (Wildman–Crippen LogP) is 3.81. The molecule has 30 heavy (non-hydrogen) atoms. The molecule has 3 aromatic rings. The van der Waals surface area contributed by atoms with Crippen LogP contribution in [0, 0.1) is 20.8 Å². The summed E-state index contributed by atoms with van der Waals surface area (Å²) in [5, 5.41) is 6.33. The Kier molecular flexibility index (Phi) is 6.12. The maximum atomic E-state index is 12.4. The first-order valence-corrected chi connectivity index (χ1v) is 10.7. The molecule has 1 aromatic heterocycles. The van der Waals surface area contributed by atoms with Gasteiger partial charge in [0.15, 0.2) is 11.9 Å². The van der Waals surface area contributed by atoms with Crippen LogP contribution in [-0.2, 0) is 14.8 Å². The third kappa shape index (κ3) is 5.18. The number of amides is 1. The van der Waals surface area contributed by atoms with Crippen LogP contribution in [0.15, 0.2) is 57.9 Å². The standard InChI is InChI=1S/C21H23N3O5S/c1-13-5-10-19(14(2)11-13)28-16(4)21(25)22-17-6-8-18(9-7-17)30(26,27)24-20-12-15(3)29-23-20/h5-12,16H,1-4H3,(H,22,25)(H,23,24). The lowest BCUT2D eigenvalue weighted by atomic mass is 10.1. The average Bonchev–Trinajstić information content (AvgIpc) is 3.08. The van der Waals surface area contributed by atoms with Crippen molar-refractivity contribution in [2.75, 3.05) is 10.0 Å². The van der Waals surface area contributed by atoms with Crippen LogP contribution in [-0.4, -0.2) is 25.6 Å². The number of rotatable bonds is 7. The molecule has 0 fully saturated rings. The Bertz CT molecular complexity index is 1150. The van der Waals surface area contributed by atoms with Crippen molar-refractivity contribution in [2.45, 2.75) is 38.7 Å². The molecule has 2 aromatic carbocycles. The summed E-state index contributed by atoms with van der Waals surface area (Å²) in [6, 6.07) is 13.0. The second-order valence-electron chi connectivity index (χ2n) is 6.97. The largest absolute Gasteiger partial charge is 0.481 e. The normalized spacial score (nSPS) is 12.3. The van der Waals surface area contributed by atoms with Crippen LogP contribution >= 0.6 is 0 Å². The summed E-state index contributed by atoms with van der Waals surface area (Å²) in [5.74, 6) is 0.880. The minimum absolute atomic E-state index is 0.0285. The van der Waals surface area contributed by atoms with Crippen molar-refractivity contribution in [1.82, 2.24) is 5.16 Å². The van der Waals surface area contributed by atoms with E-state index in [0.29, 0.717) is 17.2 Å². The number of aryl methyl sites for hydroxylation is 3. The Morgan fingerprint density at radius 1 is 1.07 bits per heavy atom. The van der Waals surface area contributed by atoms with Gasteiger partial charge in [0.25, 0.3) is 15.9 Å². The van der Waals surface area contributed by atoms with Crippen molar-refractivity contribution >= 4 is 27.4 Å². The zero-order valence-electron chi connectivity index (χ0n) is 17.1. The summed E-state index contributed by atoms with van der Waals surface area (Å²) >= 11 is 0. The summed E-state index contributed by atoms with van der Waals surface area (Å²) in [4.78, 5) is 12.5. The first kappa shape index (κ1) is 21.4. The van der Waals surface area contributed by atoms with Crippen LogP contribution in [0.5, 0.6) is 5.75 Å². The van der Waals surface area contributed by atoms with E-state index in [9.17, 15) is 13.2 Å². The van der Waals surface area contributed by atoms with Gasteiger partial charge in [-0.2, -0.15) is 0 Å². The number of ether oxygens (including phenoxy) is 1. The van der Waals surface area contributed by atoms with Gasteiger partial charge in [0.2, 0.25) is 0 Å². The van der Waals surface area contributed by atoms with Crippen LogP contribution < -0.4 is 14.8 Å². The van der Waals surface area contributed by atoms with Gasteiger partial charge in [0.1, 0.15) is 11.5 Å². The van der Waals surface area contributed by atoms with Crippen molar-refractivity contribution in [3.05, 3.63) is 65.4 Å². The summed E-state index contributed by atoms with van der Waals surface area (Å²) in [6.07, 6.45) is -0.730. The molecule has 0 aliphatic carbocycles. The van der Waals surface area contributed by atoms with Gasteiger partial charge in [-0.1, -0.05) is 22.9 Å². The van der Waals surface area contributed by atoms with Gasteiger partial charge in [-0.25, -0.2) is 8.42 Å². The molecular weight excluding hydrogens is 406 g/mol. The molecule has 1 atom stereocenters. The molecule has 0 saturated heterocycles. The Morgan fingerprint density at radius 3 is 2.37 bits per heavy atom. The fraction of sp³-hybridized carbons (Fsp3) is 0.238. The molecule has 2 N–H and O–H groups in total. The van der Waals surface area contributed by atoms with Gasteiger partial charge < -0.3 is 14.6 Å². The smallest absolute Gasteiger partial charge is 0.265 e. The van der Waals surface area contributed by atoms with Gasteiger partial charge in [-0.15, -0.1) is 0 Å². The lowest BCUT2D eigenvalue weighted by Gasteiger charge is -2.16. The molecule has 1 amide bonds. The molecule has 0 aliphatic heterocycles. The van der Waals surface area contributed by atoms with E-state index in [1.807, 2.05) is 32.0 Å². The highest BCUT2D eigenvalue weighted by Gasteiger charge is 2.18. The first-order valence-electron chi connectivity index (χ1n) is 9.25. The molecule has 0 spiro atoms. The van der Waals surface area contributed by atoms with E-state index < -0.39 is 16.1 Å². The summed E-state index contributed by atoms with van der Waals surface area (Å²) in [5.41, 5.74) is 2.51. The third-order valence-corrected chi connectivity index (χ3v) is 5.67. The zero-order valence-corrected chi connectivity index (χ0v) is 17.9. The molecule has 3 rings (SSSR count). The Labute approximate surface area is 175 Å². The number of carbonyl (C=O) groups is 1. The molecular formula is C21H23N3O5S. The third-order valence-electron chi connectivity index (χ3n) is 4.30. The molecule has 1 heterocycles. The van der Waals surface area contributed by atoms with Crippen LogP contribution in [0.25, 0.3) is 0 Å². The quantitative estimate of drug-likeness (QED) is 0.591. The lowest BCUT2D eigenvalue weighted by Crippen LogP contribution is -2.30. The van der Waals surface area contributed by atoms with E-state index in [0.717, 1.165) is 11.1 Å². The van der Waals surface area contributed by atoms with E-state index in [4.69, 9.17) is 9.26 Å². The average molecular weight is 429 g/mol. The summed E-state index contributed by atoms with van der Waals surface area (Å²) in [7, 11) is -3.82. The van der Waals surface area contributed by atoms with Crippen LogP contribution in [0.3, 0.4) is 0 Å². The molecule has 0 saturated carbocycles. The Hall–Kier alpha value is -3.33. The molecule has 9 heteroatoms. The fourth-order valence-electron chi connectivity index (χ4n) is 2.75. The number of anilines is 2. The van der Waals surface area contributed by atoms with Crippen LogP contribution in [0.1, 0.15) is 23.8 Å². The summed E-state index contributed by atoms with van der Waals surface area (Å²) < 4.78 is 37.8.